The zero-order valence-electron chi connectivity index (χ0n) is 19.2. The summed E-state index contributed by atoms with van der Waals surface area (Å²) in [7, 11) is -3.69. The molecule has 182 valence electrons. The molecule has 1 N–H and O–H groups in total. The molecule has 0 saturated carbocycles. The van der Waals surface area contributed by atoms with Gasteiger partial charge in [-0.05, 0) is 43.2 Å². The monoisotopic (exact) mass is 487 g/mol. The van der Waals surface area contributed by atoms with Crippen molar-refractivity contribution in [3.05, 3.63) is 53.6 Å². The molecule has 1 saturated heterocycles. The summed E-state index contributed by atoms with van der Waals surface area (Å²) < 4.78 is 38.4. The lowest BCUT2D eigenvalue weighted by Gasteiger charge is -2.33. The van der Waals surface area contributed by atoms with E-state index in [1.54, 1.807) is 12.1 Å². The van der Waals surface area contributed by atoms with Gasteiger partial charge < -0.3 is 14.8 Å². The highest BCUT2D eigenvalue weighted by atomic mass is 32.2. The van der Waals surface area contributed by atoms with E-state index in [0.717, 1.165) is 17.1 Å². The SMILES string of the molecule is CC(=O)c1cccc(S(=O)(=O)N2CCN(CC(=O)NCCc3ccc4c(c3)OCCO4)CC2)c1. The number of nitrogens with zero attached hydrogens (tertiary/aromatic N) is 2. The van der Waals surface area contributed by atoms with Crippen LogP contribution in [0.15, 0.2) is 47.4 Å². The molecule has 0 aliphatic carbocycles. The van der Waals surface area contributed by atoms with Gasteiger partial charge in [0.2, 0.25) is 15.9 Å². The van der Waals surface area contributed by atoms with Crippen molar-refractivity contribution in [2.45, 2.75) is 18.2 Å². The van der Waals surface area contributed by atoms with Crippen LogP contribution in [0.3, 0.4) is 0 Å². The van der Waals surface area contributed by atoms with Crippen LogP contribution in [-0.4, -0.2) is 81.8 Å². The molecule has 2 heterocycles. The third kappa shape index (κ3) is 5.75. The van der Waals surface area contributed by atoms with Crippen LogP contribution in [0.25, 0.3) is 0 Å². The smallest absolute Gasteiger partial charge is 0.243 e. The fraction of sp³-hybridized carbons (Fsp3) is 0.417. The molecule has 2 aliphatic rings. The van der Waals surface area contributed by atoms with Crippen molar-refractivity contribution in [3.63, 3.8) is 0 Å². The molecule has 10 heteroatoms. The largest absolute Gasteiger partial charge is 0.486 e. The number of fused-ring (bicyclic) bond motifs is 1. The van der Waals surface area contributed by atoms with E-state index in [4.69, 9.17) is 9.47 Å². The zero-order valence-corrected chi connectivity index (χ0v) is 20.0. The standard InChI is InChI=1S/C24H29N3O6S/c1-18(28)20-3-2-4-21(16-20)34(30,31)27-11-9-26(10-12-27)17-24(29)25-8-7-19-5-6-22-23(15-19)33-14-13-32-22/h2-6,15-16H,7-14,17H2,1H3,(H,25,29). The van der Waals surface area contributed by atoms with E-state index < -0.39 is 10.0 Å². The van der Waals surface area contributed by atoms with Gasteiger partial charge in [-0.15, -0.1) is 0 Å². The van der Waals surface area contributed by atoms with Gasteiger partial charge in [-0.2, -0.15) is 4.31 Å². The van der Waals surface area contributed by atoms with Crippen molar-refractivity contribution in [1.82, 2.24) is 14.5 Å². The van der Waals surface area contributed by atoms with Gasteiger partial charge in [-0.25, -0.2) is 8.42 Å². The van der Waals surface area contributed by atoms with Gasteiger partial charge in [0, 0.05) is 38.3 Å². The Bertz CT molecular complexity index is 1160. The minimum Gasteiger partial charge on any atom is -0.486 e. The molecule has 1 amide bonds. The van der Waals surface area contributed by atoms with Crippen LogP contribution >= 0.6 is 0 Å². The van der Waals surface area contributed by atoms with Gasteiger partial charge in [-0.3, -0.25) is 14.5 Å². The Labute approximate surface area is 199 Å². The number of benzene rings is 2. The zero-order chi connectivity index (χ0) is 24.1. The molecule has 2 aliphatic heterocycles. The number of sulfonamides is 1. The van der Waals surface area contributed by atoms with E-state index >= 15 is 0 Å². The van der Waals surface area contributed by atoms with Crippen molar-refractivity contribution in [2.75, 3.05) is 52.5 Å². The van der Waals surface area contributed by atoms with E-state index in [0.29, 0.717) is 44.8 Å². The minimum absolute atomic E-state index is 0.0944. The Morgan fingerprint density at radius 2 is 1.71 bits per heavy atom. The van der Waals surface area contributed by atoms with Gasteiger partial charge in [-0.1, -0.05) is 18.2 Å². The lowest BCUT2D eigenvalue weighted by atomic mass is 10.1. The average Bonchev–Trinajstić information content (AvgIpc) is 2.84. The van der Waals surface area contributed by atoms with E-state index in [2.05, 4.69) is 5.32 Å². The number of ether oxygens (including phenoxy) is 2. The molecule has 1 fully saturated rings. The number of amides is 1. The predicted molar refractivity (Wildman–Crippen MR) is 126 cm³/mol. The number of carbonyl (C=O) groups is 2. The van der Waals surface area contributed by atoms with Gasteiger partial charge >= 0.3 is 0 Å². The fourth-order valence-corrected chi connectivity index (χ4v) is 5.47. The fourth-order valence-electron chi connectivity index (χ4n) is 4.00. The van der Waals surface area contributed by atoms with E-state index in [1.165, 1.54) is 23.4 Å². The molecule has 9 nitrogen and oxygen atoms in total. The van der Waals surface area contributed by atoms with Crippen LogP contribution in [0.4, 0.5) is 0 Å². The molecular weight excluding hydrogens is 458 g/mol. The van der Waals surface area contributed by atoms with Crippen molar-refractivity contribution < 1.29 is 27.5 Å². The summed E-state index contributed by atoms with van der Waals surface area (Å²) in [5.74, 6) is 1.20. The number of carbonyl (C=O) groups excluding carboxylic acids is 2. The lowest BCUT2D eigenvalue weighted by Crippen LogP contribution is -2.51. The maximum absolute atomic E-state index is 13.0. The Balaban J connectivity index is 1.22. The first-order chi connectivity index (χ1) is 16.3. The van der Waals surface area contributed by atoms with Gasteiger partial charge in [0.05, 0.1) is 11.4 Å². The van der Waals surface area contributed by atoms with Gasteiger partial charge in [0.1, 0.15) is 13.2 Å². The summed E-state index contributed by atoms with van der Waals surface area (Å²) in [6.45, 7) is 4.71. The summed E-state index contributed by atoms with van der Waals surface area (Å²) >= 11 is 0. The number of Topliss-reactive ketones (excluding diaryl/α,β-unsaturated/α-hetero) is 1. The summed E-state index contributed by atoms with van der Waals surface area (Å²) in [6.07, 6.45) is 0.674. The average molecular weight is 488 g/mol. The first-order valence-corrected chi connectivity index (χ1v) is 12.8. The quantitative estimate of drug-likeness (QED) is 0.560. The van der Waals surface area contributed by atoms with Crippen LogP contribution in [0, 0.1) is 0 Å². The van der Waals surface area contributed by atoms with Crippen molar-refractivity contribution in [1.29, 1.82) is 0 Å². The Kier molecular flexibility index (Phi) is 7.50. The van der Waals surface area contributed by atoms with Crippen LogP contribution in [0.5, 0.6) is 11.5 Å². The minimum atomic E-state index is -3.69. The number of nitrogens with one attached hydrogen (secondary N) is 1. The molecular formula is C24H29N3O6S. The second-order valence-electron chi connectivity index (χ2n) is 8.34. The number of rotatable bonds is 8. The van der Waals surface area contributed by atoms with Gasteiger partial charge in [0.15, 0.2) is 17.3 Å². The number of hydrogen-bond donors (Lipinski definition) is 1. The summed E-state index contributed by atoms with van der Waals surface area (Å²) in [6, 6.07) is 11.9. The molecule has 0 atom stereocenters. The molecule has 0 radical (unpaired) electrons. The van der Waals surface area contributed by atoms with Crippen molar-refractivity contribution >= 4 is 21.7 Å². The van der Waals surface area contributed by atoms with E-state index in [9.17, 15) is 18.0 Å². The first-order valence-electron chi connectivity index (χ1n) is 11.3. The molecule has 2 aromatic carbocycles. The normalized spacial score (nSPS) is 16.7. The van der Waals surface area contributed by atoms with Crippen LogP contribution in [0.2, 0.25) is 0 Å². The molecule has 0 aromatic heterocycles. The third-order valence-corrected chi connectivity index (χ3v) is 7.81. The Morgan fingerprint density at radius 3 is 2.44 bits per heavy atom. The number of hydrogen-bond acceptors (Lipinski definition) is 7. The Hall–Kier alpha value is -2.95. The highest BCUT2D eigenvalue weighted by Crippen LogP contribution is 2.30. The van der Waals surface area contributed by atoms with E-state index in [1.807, 2.05) is 23.1 Å². The number of ketones is 1. The molecule has 4 rings (SSSR count). The van der Waals surface area contributed by atoms with E-state index in [-0.39, 0.29) is 36.2 Å². The Morgan fingerprint density at radius 1 is 0.971 bits per heavy atom. The first kappa shape index (κ1) is 24.2. The molecule has 34 heavy (non-hydrogen) atoms. The summed E-state index contributed by atoms with van der Waals surface area (Å²) in [5, 5.41) is 2.93. The summed E-state index contributed by atoms with van der Waals surface area (Å²) in [4.78, 5) is 26.0. The topological polar surface area (TPSA) is 105 Å². The second kappa shape index (κ2) is 10.5. The van der Waals surface area contributed by atoms with Crippen molar-refractivity contribution in [2.24, 2.45) is 0 Å². The maximum atomic E-state index is 13.0. The highest BCUT2D eigenvalue weighted by Gasteiger charge is 2.29. The lowest BCUT2D eigenvalue weighted by molar-refractivity contribution is -0.122. The van der Waals surface area contributed by atoms with Crippen molar-refractivity contribution in [3.8, 4) is 11.5 Å². The second-order valence-corrected chi connectivity index (χ2v) is 10.3. The molecule has 0 bridgehead atoms. The highest BCUT2D eigenvalue weighted by molar-refractivity contribution is 7.89. The van der Waals surface area contributed by atoms with Crippen LogP contribution in [-0.2, 0) is 21.2 Å². The number of piperazine rings is 1. The molecule has 0 unspecified atom stereocenters. The molecule has 2 aromatic rings. The molecule has 0 spiro atoms. The third-order valence-electron chi connectivity index (χ3n) is 5.92. The van der Waals surface area contributed by atoms with Crippen LogP contribution < -0.4 is 14.8 Å². The predicted octanol–water partition coefficient (Wildman–Crippen LogP) is 1.33. The van der Waals surface area contributed by atoms with Gasteiger partial charge in [0.25, 0.3) is 0 Å². The van der Waals surface area contributed by atoms with Crippen LogP contribution in [0.1, 0.15) is 22.8 Å². The maximum Gasteiger partial charge on any atom is 0.243 e. The summed E-state index contributed by atoms with van der Waals surface area (Å²) in [5.41, 5.74) is 1.42.